The highest BCUT2D eigenvalue weighted by atomic mass is 16.6. The summed E-state index contributed by atoms with van der Waals surface area (Å²) < 4.78 is 0. The lowest BCUT2D eigenvalue weighted by molar-refractivity contribution is -0.385. The molecule has 0 fully saturated rings. The number of aromatic carboxylic acids is 1. The van der Waals surface area contributed by atoms with Gasteiger partial charge in [-0.1, -0.05) is 0 Å². The number of carbonyl (C=O) groups excluding carboxylic acids is 1. The number of nitrogens with zero attached hydrogens (tertiary/aromatic N) is 1. The van der Waals surface area contributed by atoms with Crippen molar-refractivity contribution in [3.05, 3.63) is 45.7 Å². The molecule has 0 aromatic heterocycles. The third-order valence-corrected chi connectivity index (χ3v) is 2.02. The lowest BCUT2D eigenvalue weighted by Crippen LogP contribution is -2.01. The first-order valence-electron chi connectivity index (χ1n) is 4.33. The second kappa shape index (κ2) is 6.11. The molecule has 96 valence electrons. The largest absolute Gasteiger partial charge is 0.515 e. The number of allylic oxidation sites excluding steroid dienone is 1. The second-order valence-corrected chi connectivity index (χ2v) is 3.00. The number of aliphatic hydroxyl groups excluding tert-OH is 1. The summed E-state index contributed by atoms with van der Waals surface area (Å²) in [5.74, 6) is -1.29. The van der Waals surface area contributed by atoms with Crippen molar-refractivity contribution in [3.8, 4) is 0 Å². The molecule has 4 N–H and O–H groups in total. The first kappa shape index (κ1) is 15.3. The highest BCUT2D eigenvalue weighted by molar-refractivity contribution is 6.08. The molecule has 0 unspecified atom stereocenters. The molecule has 18 heavy (non-hydrogen) atoms. The van der Waals surface area contributed by atoms with Gasteiger partial charge in [-0.3, -0.25) is 14.9 Å². The van der Waals surface area contributed by atoms with Crippen LogP contribution >= 0.6 is 0 Å². The molecular weight excluding hydrogens is 246 g/mol. The Labute approximate surface area is 100 Å². The topological polar surface area (TPSA) is 149 Å². The number of hydrogen-bond acceptors (Lipinski definition) is 5. The molecule has 0 bridgehead atoms. The second-order valence-electron chi connectivity index (χ2n) is 3.00. The monoisotopic (exact) mass is 255 g/mol. The Balaban J connectivity index is 0.00000289. The van der Waals surface area contributed by atoms with E-state index >= 15 is 0 Å². The molecule has 1 aromatic rings. The number of nitro benzene ring substituents is 1. The number of carboxylic acids is 1. The molecule has 0 saturated heterocycles. The van der Waals surface area contributed by atoms with Crippen LogP contribution in [0.4, 0.5) is 5.69 Å². The number of carboxylic acid groups (broad SMARTS) is 1. The predicted molar refractivity (Wildman–Crippen MR) is 60.3 cm³/mol. The molecule has 0 saturated carbocycles. The maximum atomic E-state index is 10.7. The number of aldehydes is 1. The quantitative estimate of drug-likeness (QED) is 0.264. The van der Waals surface area contributed by atoms with Crippen molar-refractivity contribution in [3.63, 3.8) is 0 Å². The highest BCUT2D eigenvalue weighted by Gasteiger charge is 2.19. The van der Waals surface area contributed by atoms with Crippen LogP contribution in [0.1, 0.15) is 15.9 Å². The Morgan fingerprint density at radius 2 is 2.00 bits per heavy atom. The van der Waals surface area contributed by atoms with Crippen LogP contribution in [0.2, 0.25) is 0 Å². The molecule has 8 nitrogen and oxygen atoms in total. The normalized spacial score (nSPS) is 10.3. The van der Waals surface area contributed by atoms with Crippen LogP contribution in [0, 0.1) is 10.1 Å². The van der Waals surface area contributed by atoms with E-state index < -0.39 is 16.6 Å². The fraction of sp³-hybridized carbons (Fsp3) is 0. The zero-order chi connectivity index (χ0) is 13.0. The smallest absolute Gasteiger partial charge is 0.335 e. The van der Waals surface area contributed by atoms with E-state index in [0.29, 0.717) is 6.26 Å². The molecule has 0 aliphatic carbocycles. The van der Waals surface area contributed by atoms with Gasteiger partial charge in [0.25, 0.3) is 5.69 Å². The van der Waals surface area contributed by atoms with Crippen molar-refractivity contribution >= 4 is 23.5 Å². The van der Waals surface area contributed by atoms with Crippen LogP contribution in [0.5, 0.6) is 0 Å². The SMILES string of the molecule is O.O=C/C(=C\O)c1cc(C(=O)O)ccc1[N+](=O)[O-]. The zero-order valence-corrected chi connectivity index (χ0v) is 8.86. The molecule has 1 rings (SSSR count). The maximum absolute atomic E-state index is 10.7. The molecular formula is C10H9NO7. The van der Waals surface area contributed by atoms with Crippen LogP contribution in [0.15, 0.2) is 24.5 Å². The molecule has 0 aliphatic rings. The van der Waals surface area contributed by atoms with Gasteiger partial charge in [0.2, 0.25) is 0 Å². The molecule has 1 aromatic carbocycles. The van der Waals surface area contributed by atoms with Gasteiger partial charge in [-0.2, -0.15) is 0 Å². The Kier molecular flexibility index (Phi) is 5.18. The minimum absolute atomic E-state index is 0. The third kappa shape index (κ3) is 2.89. The Hall–Kier alpha value is -2.74. The van der Waals surface area contributed by atoms with Crippen LogP contribution in [-0.4, -0.2) is 32.9 Å². The third-order valence-electron chi connectivity index (χ3n) is 2.02. The molecule has 0 aliphatic heterocycles. The fourth-order valence-electron chi connectivity index (χ4n) is 1.22. The Morgan fingerprint density at radius 3 is 2.39 bits per heavy atom. The summed E-state index contributed by atoms with van der Waals surface area (Å²) in [7, 11) is 0. The van der Waals surface area contributed by atoms with Gasteiger partial charge < -0.3 is 15.7 Å². The lowest BCUT2D eigenvalue weighted by atomic mass is 10.0. The van der Waals surface area contributed by atoms with Crippen LogP contribution < -0.4 is 0 Å². The van der Waals surface area contributed by atoms with Crippen molar-refractivity contribution in [1.82, 2.24) is 0 Å². The fourth-order valence-corrected chi connectivity index (χ4v) is 1.22. The average Bonchev–Trinajstić information content (AvgIpc) is 2.30. The Morgan fingerprint density at radius 1 is 1.39 bits per heavy atom. The van der Waals surface area contributed by atoms with E-state index in [-0.39, 0.29) is 28.5 Å². The van der Waals surface area contributed by atoms with Gasteiger partial charge in [0.05, 0.1) is 27.9 Å². The molecule has 0 heterocycles. The van der Waals surface area contributed by atoms with Crippen LogP contribution in [0.25, 0.3) is 5.57 Å². The first-order valence-corrected chi connectivity index (χ1v) is 4.33. The lowest BCUT2D eigenvalue weighted by Gasteiger charge is -2.02. The number of carbonyl (C=O) groups is 2. The average molecular weight is 255 g/mol. The van der Waals surface area contributed by atoms with Gasteiger partial charge in [-0.25, -0.2) is 4.79 Å². The maximum Gasteiger partial charge on any atom is 0.335 e. The zero-order valence-electron chi connectivity index (χ0n) is 8.86. The van der Waals surface area contributed by atoms with Crippen LogP contribution in [0.3, 0.4) is 0 Å². The van der Waals surface area contributed by atoms with Gasteiger partial charge in [0, 0.05) is 6.07 Å². The van der Waals surface area contributed by atoms with E-state index in [2.05, 4.69) is 0 Å². The van der Waals surface area contributed by atoms with Crippen molar-refractivity contribution in [2.75, 3.05) is 0 Å². The van der Waals surface area contributed by atoms with Gasteiger partial charge >= 0.3 is 5.97 Å². The summed E-state index contributed by atoms with van der Waals surface area (Å²) in [4.78, 5) is 31.2. The molecule has 0 atom stereocenters. The van der Waals surface area contributed by atoms with E-state index in [1.165, 1.54) is 0 Å². The number of hydrogen-bond donors (Lipinski definition) is 2. The van der Waals surface area contributed by atoms with Gasteiger partial charge in [0.15, 0.2) is 6.29 Å². The van der Waals surface area contributed by atoms with E-state index in [9.17, 15) is 19.7 Å². The minimum Gasteiger partial charge on any atom is -0.515 e. The molecule has 8 heteroatoms. The van der Waals surface area contributed by atoms with E-state index in [1.807, 2.05) is 0 Å². The number of aliphatic hydroxyl groups is 1. The van der Waals surface area contributed by atoms with Gasteiger partial charge in [-0.05, 0) is 12.1 Å². The van der Waals surface area contributed by atoms with Crippen LogP contribution in [-0.2, 0) is 4.79 Å². The van der Waals surface area contributed by atoms with Crippen molar-refractivity contribution in [2.24, 2.45) is 0 Å². The van der Waals surface area contributed by atoms with Crippen molar-refractivity contribution in [2.45, 2.75) is 0 Å². The summed E-state index contributed by atoms with van der Waals surface area (Å²) in [6.07, 6.45) is 0.592. The van der Waals surface area contributed by atoms with E-state index in [0.717, 1.165) is 18.2 Å². The number of benzene rings is 1. The van der Waals surface area contributed by atoms with Gasteiger partial charge in [-0.15, -0.1) is 0 Å². The summed E-state index contributed by atoms with van der Waals surface area (Å²) in [6.45, 7) is 0. The predicted octanol–water partition coefficient (Wildman–Crippen LogP) is 0.566. The van der Waals surface area contributed by atoms with E-state index in [1.54, 1.807) is 0 Å². The first-order chi connectivity index (χ1) is 8.01. The molecule has 0 spiro atoms. The standard InChI is InChI=1S/C10H7NO6.H2O/c12-4-7(5-13)8-3-6(10(14)15)1-2-9(8)11(16)17;/h1-5,12H,(H,14,15);1H2/b7-4+;. The summed E-state index contributed by atoms with van der Waals surface area (Å²) >= 11 is 0. The summed E-state index contributed by atoms with van der Waals surface area (Å²) in [5, 5.41) is 28.2. The Bertz CT molecular complexity index is 521. The van der Waals surface area contributed by atoms with Crippen molar-refractivity contribution in [1.29, 1.82) is 0 Å². The molecule has 0 radical (unpaired) electrons. The highest BCUT2D eigenvalue weighted by Crippen LogP contribution is 2.25. The molecule has 0 amide bonds. The summed E-state index contributed by atoms with van der Waals surface area (Å²) in [6, 6.07) is 2.96. The number of rotatable bonds is 4. The minimum atomic E-state index is -1.29. The van der Waals surface area contributed by atoms with E-state index in [4.69, 9.17) is 10.2 Å². The number of nitro groups is 1. The van der Waals surface area contributed by atoms with Crippen molar-refractivity contribution < 1.29 is 30.2 Å². The summed E-state index contributed by atoms with van der Waals surface area (Å²) in [5.41, 5.74) is -1.28. The van der Waals surface area contributed by atoms with Gasteiger partial charge in [0.1, 0.15) is 0 Å².